The summed E-state index contributed by atoms with van der Waals surface area (Å²) >= 11 is 0.670. The van der Waals surface area contributed by atoms with Gasteiger partial charge < -0.3 is 9.47 Å². The van der Waals surface area contributed by atoms with E-state index in [0.29, 0.717) is 35.8 Å². The van der Waals surface area contributed by atoms with E-state index >= 15 is 0 Å². The highest BCUT2D eigenvalue weighted by Gasteiger charge is 2.32. The molecule has 0 spiro atoms. The summed E-state index contributed by atoms with van der Waals surface area (Å²) in [7, 11) is -3.43. The summed E-state index contributed by atoms with van der Waals surface area (Å²) in [6.45, 7) is 0. The molecule has 0 aliphatic rings. The van der Waals surface area contributed by atoms with Crippen molar-refractivity contribution in [3.05, 3.63) is 53.9 Å². The van der Waals surface area contributed by atoms with Crippen LogP contribution in [-0.2, 0) is 16.2 Å². The number of alkyl halides is 3. The SMILES string of the molecule is COc1cc(Oc2cc(F)c(S(=O)(=O)Nc3ncns3)cc2F)cc(C(F)(F)F)c1. The molecule has 14 heteroatoms. The number of anilines is 1. The van der Waals surface area contributed by atoms with Crippen LogP contribution >= 0.6 is 11.5 Å². The predicted molar refractivity (Wildman–Crippen MR) is 95.1 cm³/mol. The summed E-state index contributed by atoms with van der Waals surface area (Å²) in [4.78, 5) is 2.52. The lowest BCUT2D eigenvalue weighted by Gasteiger charge is -2.14. The van der Waals surface area contributed by atoms with Gasteiger partial charge in [-0.25, -0.2) is 22.2 Å². The van der Waals surface area contributed by atoms with Crippen LogP contribution in [0.1, 0.15) is 5.56 Å². The van der Waals surface area contributed by atoms with Crippen molar-refractivity contribution in [2.45, 2.75) is 11.1 Å². The average Bonchev–Trinajstić information content (AvgIpc) is 3.15. The summed E-state index contributed by atoms with van der Waals surface area (Å²) in [5, 5.41) is -0.175. The number of nitrogens with one attached hydrogen (secondary N) is 1. The van der Waals surface area contributed by atoms with Crippen LogP contribution in [0.5, 0.6) is 17.2 Å². The minimum Gasteiger partial charge on any atom is -0.497 e. The van der Waals surface area contributed by atoms with E-state index in [-0.39, 0.29) is 10.9 Å². The number of nitrogens with zero attached hydrogens (tertiary/aromatic N) is 2. The molecule has 0 aliphatic carbocycles. The Balaban J connectivity index is 1.95. The van der Waals surface area contributed by atoms with E-state index in [1.807, 2.05) is 4.72 Å². The van der Waals surface area contributed by atoms with Gasteiger partial charge in [0.05, 0.1) is 12.7 Å². The van der Waals surface area contributed by atoms with E-state index in [0.717, 1.165) is 19.5 Å². The highest BCUT2D eigenvalue weighted by Crippen LogP contribution is 2.37. The monoisotopic (exact) mass is 467 g/mol. The van der Waals surface area contributed by atoms with Crippen molar-refractivity contribution in [2.24, 2.45) is 0 Å². The molecule has 0 aliphatic heterocycles. The topological polar surface area (TPSA) is 90.4 Å². The molecule has 3 aromatic rings. The first-order valence-corrected chi connectivity index (χ1v) is 9.98. The van der Waals surface area contributed by atoms with Crippen LogP contribution in [0.2, 0.25) is 0 Å². The molecule has 2 aromatic carbocycles. The zero-order valence-electron chi connectivity index (χ0n) is 14.7. The van der Waals surface area contributed by atoms with Gasteiger partial charge in [-0.3, -0.25) is 4.72 Å². The molecule has 1 heterocycles. The molecule has 0 atom stereocenters. The second-order valence-electron chi connectivity index (χ2n) is 5.56. The standard InChI is InChI=1S/C16H10F5N3O4S2/c1-27-9-2-8(16(19,20)21)3-10(4-9)28-13-5-12(18)14(6-11(13)17)30(25,26)24-15-22-7-23-29-15/h2-7H,1H3,(H,22,23,24). The van der Waals surface area contributed by atoms with Crippen LogP contribution in [0.15, 0.2) is 41.6 Å². The Morgan fingerprint density at radius 2 is 1.73 bits per heavy atom. The van der Waals surface area contributed by atoms with Crippen molar-refractivity contribution in [2.75, 3.05) is 11.8 Å². The second kappa shape index (κ2) is 8.02. The Morgan fingerprint density at radius 3 is 2.33 bits per heavy atom. The molecule has 3 rings (SSSR count). The number of methoxy groups -OCH3 is 1. The molecule has 0 unspecified atom stereocenters. The average molecular weight is 467 g/mol. The molecule has 0 bridgehead atoms. The molecule has 0 fully saturated rings. The molecule has 30 heavy (non-hydrogen) atoms. The minimum absolute atomic E-state index is 0.175. The molecule has 0 radical (unpaired) electrons. The molecule has 0 saturated carbocycles. The van der Waals surface area contributed by atoms with Gasteiger partial charge in [0, 0.05) is 29.7 Å². The Hall–Kier alpha value is -3.00. The molecule has 7 nitrogen and oxygen atoms in total. The summed E-state index contributed by atoms with van der Waals surface area (Å²) in [6.07, 6.45) is -3.69. The lowest BCUT2D eigenvalue weighted by atomic mass is 10.2. The smallest absolute Gasteiger partial charge is 0.416 e. The zero-order valence-corrected chi connectivity index (χ0v) is 16.3. The first-order valence-electron chi connectivity index (χ1n) is 7.72. The van der Waals surface area contributed by atoms with Crippen LogP contribution in [0, 0.1) is 11.6 Å². The van der Waals surface area contributed by atoms with Gasteiger partial charge in [0.1, 0.15) is 28.5 Å². The maximum absolute atomic E-state index is 14.4. The summed E-state index contributed by atoms with van der Waals surface area (Å²) in [6, 6.07) is 3.00. The third-order valence-electron chi connectivity index (χ3n) is 3.53. The summed E-state index contributed by atoms with van der Waals surface area (Å²) in [5.74, 6) is -4.29. The summed E-state index contributed by atoms with van der Waals surface area (Å²) in [5.41, 5.74) is -1.14. The number of ether oxygens (including phenoxy) is 2. The Labute approximate surface area is 170 Å². The van der Waals surface area contributed by atoms with Crippen LogP contribution in [0.25, 0.3) is 0 Å². The molecule has 0 saturated heterocycles. The van der Waals surface area contributed by atoms with E-state index in [1.54, 1.807) is 0 Å². The maximum Gasteiger partial charge on any atom is 0.416 e. The first-order chi connectivity index (χ1) is 14.0. The van der Waals surface area contributed by atoms with Gasteiger partial charge in [-0.2, -0.15) is 17.5 Å². The van der Waals surface area contributed by atoms with Crippen molar-refractivity contribution >= 4 is 26.7 Å². The van der Waals surface area contributed by atoms with E-state index < -0.39 is 49.8 Å². The fourth-order valence-corrected chi connectivity index (χ4v) is 3.96. The van der Waals surface area contributed by atoms with E-state index in [9.17, 15) is 30.4 Å². The number of hydrogen-bond donors (Lipinski definition) is 1. The lowest BCUT2D eigenvalue weighted by molar-refractivity contribution is -0.137. The zero-order chi connectivity index (χ0) is 22.1. The van der Waals surface area contributed by atoms with Gasteiger partial charge in [-0.1, -0.05) is 0 Å². The molecular weight excluding hydrogens is 457 g/mol. The van der Waals surface area contributed by atoms with Crippen LogP contribution in [0.4, 0.5) is 27.1 Å². The second-order valence-corrected chi connectivity index (χ2v) is 7.99. The Bertz CT molecular complexity index is 1170. The molecule has 160 valence electrons. The van der Waals surface area contributed by atoms with E-state index in [1.165, 1.54) is 0 Å². The van der Waals surface area contributed by atoms with Gasteiger partial charge in [0.25, 0.3) is 10.0 Å². The molecule has 1 N–H and O–H groups in total. The van der Waals surface area contributed by atoms with Crippen molar-refractivity contribution in [1.29, 1.82) is 0 Å². The first kappa shape index (κ1) is 21.7. The van der Waals surface area contributed by atoms with E-state index in [4.69, 9.17) is 9.47 Å². The van der Waals surface area contributed by atoms with Gasteiger partial charge in [0.15, 0.2) is 11.6 Å². The fraction of sp³-hybridized carbons (Fsp3) is 0.125. The number of halogens is 5. The van der Waals surface area contributed by atoms with E-state index in [2.05, 4.69) is 9.36 Å². The molecular formula is C16H10F5N3O4S2. The summed E-state index contributed by atoms with van der Waals surface area (Å²) < 4.78 is 107. The van der Waals surface area contributed by atoms with Crippen LogP contribution in [-0.4, -0.2) is 24.9 Å². The third-order valence-corrected chi connectivity index (χ3v) is 5.59. The van der Waals surface area contributed by atoms with Crippen molar-refractivity contribution in [3.63, 3.8) is 0 Å². The normalized spacial score (nSPS) is 11.9. The molecule has 0 amide bonds. The quantitative estimate of drug-likeness (QED) is 0.540. The van der Waals surface area contributed by atoms with Gasteiger partial charge in [0.2, 0.25) is 5.13 Å². The fourth-order valence-electron chi connectivity index (χ4n) is 2.22. The largest absolute Gasteiger partial charge is 0.497 e. The number of hydrogen-bond acceptors (Lipinski definition) is 7. The highest BCUT2D eigenvalue weighted by atomic mass is 32.2. The molecule has 1 aromatic heterocycles. The van der Waals surface area contributed by atoms with Crippen molar-refractivity contribution in [1.82, 2.24) is 9.36 Å². The highest BCUT2D eigenvalue weighted by molar-refractivity contribution is 7.93. The third kappa shape index (κ3) is 4.76. The number of rotatable bonds is 6. The van der Waals surface area contributed by atoms with Crippen LogP contribution < -0.4 is 14.2 Å². The Morgan fingerprint density at radius 1 is 1.03 bits per heavy atom. The van der Waals surface area contributed by atoms with Crippen LogP contribution in [0.3, 0.4) is 0 Å². The minimum atomic E-state index is -4.75. The number of aromatic nitrogens is 2. The predicted octanol–water partition coefficient (Wildman–Crippen LogP) is 4.44. The van der Waals surface area contributed by atoms with Gasteiger partial charge in [-0.05, 0) is 12.1 Å². The van der Waals surface area contributed by atoms with Crippen molar-refractivity contribution in [3.8, 4) is 17.2 Å². The number of sulfonamides is 1. The Kier molecular flexibility index (Phi) is 5.81. The van der Waals surface area contributed by atoms with Gasteiger partial charge in [-0.15, -0.1) is 0 Å². The maximum atomic E-state index is 14.4. The van der Waals surface area contributed by atoms with Crippen molar-refractivity contribution < 1.29 is 39.8 Å². The lowest BCUT2D eigenvalue weighted by Crippen LogP contribution is -2.15. The van der Waals surface area contributed by atoms with Gasteiger partial charge >= 0.3 is 6.18 Å². The number of benzene rings is 2.